The number of hydroxylamine groups is 3. The predicted molar refractivity (Wildman–Crippen MR) is 77.1 cm³/mol. The number of nitrogens with zero attached hydrogens (tertiary/aromatic N) is 2. The Hall–Kier alpha value is -1.59. The first-order valence-electron chi connectivity index (χ1n) is 6.77. The van der Waals surface area contributed by atoms with Crippen molar-refractivity contribution in [1.29, 1.82) is 0 Å². The predicted octanol–water partition coefficient (Wildman–Crippen LogP) is 2.60. The fraction of sp³-hybridized carbons (Fsp3) is 0.533. The fourth-order valence-corrected chi connectivity index (χ4v) is 2.79. The van der Waals surface area contributed by atoms with Crippen molar-refractivity contribution < 1.29 is 14.7 Å². The minimum atomic E-state index is -0.946. The van der Waals surface area contributed by atoms with Gasteiger partial charge in [-0.2, -0.15) is 4.74 Å². The second-order valence-corrected chi connectivity index (χ2v) is 5.81. The van der Waals surface area contributed by atoms with Gasteiger partial charge in [0.2, 0.25) is 11.4 Å². The molecule has 110 valence electrons. The van der Waals surface area contributed by atoms with Crippen LogP contribution in [0.1, 0.15) is 39.7 Å². The van der Waals surface area contributed by atoms with Crippen molar-refractivity contribution in [3.05, 3.63) is 35.0 Å². The molecule has 0 saturated heterocycles. The van der Waals surface area contributed by atoms with Crippen LogP contribution in [-0.4, -0.2) is 39.0 Å². The van der Waals surface area contributed by atoms with Crippen molar-refractivity contribution in [3.63, 3.8) is 0 Å². The summed E-state index contributed by atoms with van der Waals surface area (Å²) in [7, 11) is 1.60. The molecule has 0 saturated carbocycles. The van der Waals surface area contributed by atoms with Crippen LogP contribution in [0.5, 0.6) is 5.75 Å². The third-order valence-corrected chi connectivity index (χ3v) is 4.24. The Morgan fingerprint density at radius 1 is 1.25 bits per heavy atom. The maximum absolute atomic E-state index is 12.7. The molecule has 0 unspecified atom stereocenters. The lowest BCUT2D eigenvalue weighted by Gasteiger charge is -2.32. The van der Waals surface area contributed by atoms with Crippen LogP contribution in [0, 0.1) is 5.21 Å². The van der Waals surface area contributed by atoms with Gasteiger partial charge in [0.05, 0.1) is 7.11 Å². The van der Waals surface area contributed by atoms with E-state index in [1.165, 1.54) is 0 Å². The molecule has 0 amide bonds. The lowest BCUT2D eigenvalue weighted by molar-refractivity contribution is -0.586. The normalized spacial score (nSPS) is 26.1. The van der Waals surface area contributed by atoms with Crippen molar-refractivity contribution in [3.8, 4) is 5.75 Å². The van der Waals surface area contributed by atoms with Gasteiger partial charge in [0, 0.05) is 18.9 Å². The number of benzene rings is 1. The lowest BCUT2D eigenvalue weighted by Crippen LogP contribution is -2.52. The summed E-state index contributed by atoms with van der Waals surface area (Å²) in [5.74, 6) is 0.738. The molecule has 1 aromatic rings. The summed E-state index contributed by atoms with van der Waals surface area (Å²) in [4.78, 5) is 0. The summed E-state index contributed by atoms with van der Waals surface area (Å²) < 4.78 is 6.06. The van der Waals surface area contributed by atoms with Crippen molar-refractivity contribution in [1.82, 2.24) is 5.06 Å². The molecule has 0 fully saturated rings. The zero-order chi connectivity index (χ0) is 15.1. The Bertz CT molecular complexity index is 537. The van der Waals surface area contributed by atoms with Crippen LogP contribution in [0.15, 0.2) is 24.3 Å². The smallest absolute Gasteiger partial charge is 0.248 e. The summed E-state index contributed by atoms with van der Waals surface area (Å²) in [5, 5.41) is 24.3. The molecule has 1 N–H and O–H groups in total. The number of ether oxygens (including phenoxy) is 1. The highest BCUT2D eigenvalue weighted by Crippen LogP contribution is 2.37. The van der Waals surface area contributed by atoms with Gasteiger partial charge in [0.25, 0.3) is 0 Å². The Balaban J connectivity index is 2.57. The molecule has 0 radical (unpaired) electrons. The first-order chi connectivity index (χ1) is 9.29. The van der Waals surface area contributed by atoms with E-state index in [0.717, 1.165) is 21.1 Å². The molecule has 1 aromatic carbocycles. The molecule has 1 aliphatic heterocycles. The van der Waals surface area contributed by atoms with E-state index in [9.17, 15) is 10.4 Å². The second kappa shape index (κ2) is 4.75. The average Bonchev–Trinajstić information content (AvgIpc) is 2.58. The van der Waals surface area contributed by atoms with Crippen LogP contribution < -0.4 is 4.74 Å². The van der Waals surface area contributed by atoms with Gasteiger partial charge in [-0.3, -0.25) is 0 Å². The molecule has 1 atom stereocenters. The highest BCUT2D eigenvalue weighted by Gasteiger charge is 2.58. The molecule has 20 heavy (non-hydrogen) atoms. The Kier molecular flexibility index (Phi) is 3.52. The molecule has 0 spiro atoms. The highest BCUT2D eigenvalue weighted by molar-refractivity contribution is 6.04. The maximum Gasteiger partial charge on any atom is 0.248 e. The van der Waals surface area contributed by atoms with Gasteiger partial charge in [-0.25, -0.2) is 0 Å². The van der Waals surface area contributed by atoms with E-state index in [4.69, 9.17) is 4.74 Å². The third-order valence-electron chi connectivity index (χ3n) is 4.24. The summed E-state index contributed by atoms with van der Waals surface area (Å²) in [6.07, 6.45) is 0.524. The first kappa shape index (κ1) is 14.8. The minimum absolute atomic E-state index is 0.524. The summed E-state index contributed by atoms with van der Waals surface area (Å²) in [5.41, 5.74) is -0.339. The Morgan fingerprint density at radius 3 is 2.20 bits per heavy atom. The quantitative estimate of drug-likeness (QED) is 0.682. The maximum atomic E-state index is 12.7. The van der Waals surface area contributed by atoms with Gasteiger partial charge in [0.1, 0.15) is 11.3 Å². The van der Waals surface area contributed by atoms with Crippen LogP contribution >= 0.6 is 0 Å². The molecule has 0 aromatic heterocycles. The zero-order valence-corrected chi connectivity index (χ0v) is 12.7. The van der Waals surface area contributed by atoms with E-state index in [2.05, 4.69) is 0 Å². The third kappa shape index (κ3) is 1.89. The Labute approximate surface area is 119 Å². The zero-order valence-electron chi connectivity index (χ0n) is 12.7. The summed E-state index contributed by atoms with van der Waals surface area (Å²) >= 11 is 0. The molecule has 5 nitrogen and oxygen atoms in total. The molecular weight excluding hydrogens is 256 g/mol. The van der Waals surface area contributed by atoms with Crippen molar-refractivity contribution in [2.45, 2.75) is 45.3 Å². The Morgan fingerprint density at radius 2 is 1.80 bits per heavy atom. The number of methoxy groups -OCH3 is 1. The standard InChI is InChI=1S/C15H22N2O3/c1-6-15(4)16(18)13(14(2,3)17(15)19)11-7-9-12(20-5)10-8-11/h7-10,19H,6H2,1-5H3/t15-/m0/s1. The van der Waals surface area contributed by atoms with E-state index in [1.807, 2.05) is 45.0 Å². The van der Waals surface area contributed by atoms with Crippen molar-refractivity contribution >= 4 is 5.71 Å². The largest absolute Gasteiger partial charge is 0.622 e. The first-order valence-corrected chi connectivity index (χ1v) is 6.77. The van der Waals surface area contributed by atoms with Gasteiger partial charge in [-0.05, 0) is 38.1 Å². The molecule has 2 rings (SSSR count). The topological polar surface area (TPSA) is 58.8 Å². The van der Waals surface area contributed by atoms with E-state index in [1.54, 1.807) is 14.0 Å². The minimum Gasteiger partial charge on any atom is -0.622 e. The van der Waals surface area contributed by atoms with E-state index in [0.29, 0.717) is 12.1 Å². The molecule has 0 bridgehead atoms. The van der Waals surface area contributed by atoms with E-state index in [-0.39, 0.29) is 0 Å². The molecular formula is C15H22N2O3. The molecule has 1 heterocycles. The van der Waals surface area contributed by atoms with Crippen molar-refractivity contribution in [2.24, 2.45) is 0 Å². The van der Waals surface area contributed by atoms with Crippen molar-refractivity contribution in [2.75, 3.05) is 7.11 Å². The molecule has 1 aliphatic rings. The second-order valence-electron chi connectivity index (χ2n) is 5.81. The molecule has 0 aliphatic carbocycles. The van der Waals surface area contributed by atoms with Gasteiger partial charge >= 0.3 is 0 Å². The molecule has 5 heteroatoms. The highest BCUT2D eigenvalue weighted by atomic mass is 16.6. The van der Waals surface area contributed by atoms with Crippen LogP contribution in [0.3, 0.4) is 0 Å². The fourth-order valence-electron chi connectivity index (χ4n) is 2.79. The van der Waals surface area contributed by atoms with Crippen LogP contribution in [0.2, 0.25) is 0 Å². The van der Waals surface area contributed by atoms with Crippen LogP contribution in [0.4, 0.5) is 0 Å². The SMILES string of the molecule is CC[C@]1(C)N(O)C(C)(C)C(c2ccc(OC)cc2)=[N+]1[O-]. The van der Waals surface area contributed by atoms with Gasteiger partial charge < -0.3 is 15.2 Å². The lowest BCUT2D eigenvalue weighted by atomic mass is 9.92. The summed E-state index contributed by atoms with van der Waals surface area (Å²) in [6, 6.07) is 7.32. The van der Waals surface area contributed by atoms with E-state index < -0.39 is 11.2 Å². The number of hydrogen-bond acceptors (Lipinski definition) is 4. The van der Waals surface area contributed by atoms with Gasteiger partial charge in [0.15, 0.2) is 0 Å². The number of hydrogen-bond donors (Lipinski definition) is 1. The monoisotopic (exact) mass is 278 g/mol. The van der Waals surface area contributed by atoms with Crippen LogP contribution in [-0.2, 0) is 0 Å². The summed E-state index contributed by atoms with van der Waals surface area (Å²) in [6.45, 7) is 7.33. The average molecular weight is 278 g/mol. The number of rotatable bonds is 3. The van der Waals surface area contributed by atoms with Gasteiger partial charge in [-0.15, -0.1) is 5.06 Å². The van der Waals surface area contributed by atoms with Gasteiger partial charge in [-0.1, -0.05) is 6.92 Å². The van der Waals surface area contributed by atoms with Crippen LogP contribution in [0.25, 0.3) is 0 Å². The van der Waals surface area contributed by atoms with E-state index >= 15 is 0 Å².